The van der Waals surface area contributed by atoms with E-state index in [1.54, 1.807) is 4.90 Å². The number of benzene rings is 2. The number of amides is 1. The average molecular weight is 429 g/mol. The van der Waals surface area contributed by atoms with E-state index < -0.39 is 34.5 Å². The Bertz CT molecular complexity index is 952. The molecular weight excluding hydrogens is 413 g/mol. The van der Waals surface area contributed by atoms with E-state index in [-0.39, 0.29) is 36.4 Å². The molecule has 156 valence electrons. The van der Waals surface area contributed by atoms with Crippen LogP contribution in [0.2, 0.25) is 0 Å². The molecule has 0 aliphatic carbocycles. The molecule has 3 rings (SSSR count). The van der Waals surface area contributed by atoms with Crippen molar-refractivity contribution in [2.45, 2.75) is 18.5 Å². The number of hydroxylamine groups is 1. The van der Waals surface area contributed by atoms with Crippen LogP contribution >= 0.6 is 0 Å². The van der Waals surface area contributed by atoms with Crippen molar-refractivity contribution in [2.24, 2.45) is 0 Å². The fourth-order valence-electron chi connectivity index (χ4n) is 3.10. The lowest BCUT2D eigenvalue weighted by molar-refractivity contribution is -0.138. The second kappa shape index (κ2) is 8.39. The van der Waals surface area contributed by atoms with Gasteiger partial charge in [0.25, 0.3) is 5.91 Å². The molecule has 1 aliphatic rings. The Labute approximate surface area is 166 Å². The van der Waals surface area contributed by atoms with Gasteiger partial charge in [-0.1, -0.05) is 23.2 Å². The summed E-state index contributed by atoms with van der Waals surface area (Å²) in [5.74, 6) is -0.870. The van der Waals surface area contributed by atoms with Crippen LogP contribution in [-0.2, 0) is 29.6 Å². The van der Waals surface area contributed by atoms with E-state index in [1.165, 1.54) is 35.8 Å². The summed E-state index contributed by atoms with van der Waals surface area (Å²) >= 11 is -2.50. The third-order valence-electron chi connectivity index (χ3n) is 4.41. The highest BCUT2D eigenvalue weighted by atomic mass is 32.2. The molecule has 0 saturated heterocycles. The van der Waals surface area contributed by atoms with E-state index in [9.17, 15) is 26.7 Å². The first-order chi connectivity index (χ1) is 13.7. The third kappa shape index (κ3) is 4.86. The second-order valence-electron chi connectivity index (χ2n) is 6.33. The van der Waals surface area contributed by atoms with Gasteiger partial charge in [0.05, 0.1) is 17.8 Å². The largest absolute Gasteiger partial charge is 0.772 e. The Kier molecular flexibility index (Phi) is 6.10. The zero-order valence-corrected chi connectivity index (χ0v) is 15.7. The van der Waals surface area contributed by atoms with Crippen molar-refractivity contribution >= 4 is 22.7 Å². The number of carbonyl (C=O) groups is 1. The number of nitrogens with zero attached hydrogens (tertiary/aromatic N) is 1. The number of fused-ring (bicyclic) bond motifs is 1. The summed E-state index contributed by atoms with van der Waals surface area (Å²) in [5, 5.41) is 8.79. The van der Waals surface area contributed by atoms with E-state index in [4.69, 9.17) is 9.94 Å². The monoisotopic (exact) mass is 429 g/mol. The molecule has 1 unspecified atom stereocenters. The van der Waals surface area contributed by atoms with Gasteiger partial charge in [-0.2, -0.15) is 13.2 Å². The molecule has 2 aromatic rings. The maximum Gasteiger partial charge on any atom is 0.416 e. The Morgan fingerprint density at radius 3 is 2.69 bits per heavy atom. The number of nitrogens with one attached hydrogen (secondary N) is 1. The summed E-state index contributed by atoms with van der Waals surface area (Å²) in [6.07, 6.45) is -4.66. The first-order valence-corrected chi connectivity index (χ1v) is 9.64. The van der Waals surface area contributed by atoms with Gasteiger partial charge in [-0.15, -0.1) is 0 Å². The van der Waals surface area contributed by atoms with Crippen LogP contribution < -0.4 is 15.1 Å². The summed E-state index contributed by atoms with van der Waals surface area (Å²) in [6, 6.07) is 7.78. The van der Waals surface area contributed by atoms with Crippen molar-refractivity contribution in [2.75, 3.05) is 18.1 Å². The summed E-state index contributed by atoms with van der Waals surface area (Å²) in [6.45, 7) is 0.393. The van der Waals surface area contributed by atoms with Gasteiger partial charge in [-0.25, -0.2) is 5.48 Å². The lowest BCUT2D eigenvalue weighted by atomic mass is 10.0. The average Bonchev–Trinajstić information content (AvgIpc) is 2.67. The van der Waals surface area contributed by atoms with Gasteiger partial charge in [0.1, 0.15) is 12.4 Å². The minimum atomic E-state index is -4.66. The van der Waals surface area contributed by atoms with Gasteiger partial charge >= 0.3 is 6.18 Å². The van der Waals surface area contributed by atoms with Crippen molar-refractivity contribution in [1.82, 2.24) is 5.48 Å². The predicted octanol–water partition coefficient (Wildman–Crippen LogP) is 2.60. The molecule has 0 saturated carbocycles. The molecule has 1 amide bonds. The number of halogens is 3. The van der Waals surface area contributed by atoms with Gasteiger partial charge in [-0.3, -0.25) is 14.2 Å². The normalized spacial score (nSPS) is 14.7. The standard InChI is InChI=1S/C18H17F3N2O5S/c19-18(20,21)14-7-11(10-29(26)27)1-2-13(14)9-23-5-6-28-16-4-3-12(8-15(16)23)17(24)22-25/h1-4,7-8,25H,5-6,9-10H2,(H,22,24)(H,26,27)/p-1. The first kappa shape index (κ1) is 21.1. The maximum atomic E-state index is 13.6. The van der Waals surface area contributed by atoms with Crippen LogP contribution in [0.4, 0.5) is 18.9 Å². The number of carbonyl (C=O) groups excluding carboxylic acids is 1. The Hall–Kier alpha value is -2.63. The highest BCUT2D eigenvalue weighted by Gasteiger charge is 2.34. The van der Waals surface area contributed by atoms with Gasteiger partial charge in [0.2, 0.25) is 0 Å². The Balaban J connectivity index is 1.97. The van der Waals surface area contributed by atoms with Crippen molar-refractivity contribution < 1.29 is 36.7 Å². The zero-order chi connectivity index (χ0) is 21.2. The smallest absolute Gasteiger partial charge is 0.416 e. The van der Waals surface area contributed by atoms with Crippen LogP contribution in [-0.4, -0.2) is 33.0 Å². The maximum absolute atomic E-state index is 13.6. The molecule has 0 bridgehead atoms. The number of hydrogen-bond donors (Lipinski definition) is 2. The van der Waals surface area contributed by atoms with E-state index in [0.717, 1.165) is 6.07 Å². The SMILES string of the molecule is O=C(NO)c1ccc2c(c1)N(Cc1ccc(CS(=O)[O-])cc1C(F)(F)F)CCO2. The molecule has 0 radical (unpaired) electrons. The molecule has 2 N–H and O–H groups in total. The lowest BCUT2D eigenvalue weighted by Gasteiger charge is -2.32. The summed E-state index contributed by atoms with van der Waals surface area (Å²) < 4.78 is 67.8. The van der Waals surface area contributed by atoms with Crippen LogP contribution in [0.15, 0.2) is 36.4 Å². The molecule has 0 fully saturated rings. The zero-order valence-electron chi connectivity index (χ0n) is 14.9. The van der Waals surface area contributed by atoms with E-state index >= 15 is 0 Å². The Morgan fingerprint density at radius 2 is 2.03 bits per heavy atom. The highest BCUT2D eigenvalue weighted by Crippen LogP contribution is 2.37. The van der Waals surface area contributed by atoms with E-state index in [2.05, 4.69) is 0 Å². The number of alkyl halides is 3. The molecule has 0 aromatic heterocycles. The van der Waals surface area contributed by atoms with Gasteiger partial charge in [0.15, 0.2) is 0 Å². The van der Waals surface area contributed by atoms with Crippen LogP contribution in [0.1, 0.15) is 27.0 Å². The van der Waals surface area contributed by atoms with Gasteiger partial charge < -0.3 is 14.2 Å². The molecule has 11 heteroatoms. The predicted molar refractivity (Wildman–Crippen MR) is 96.3 cm³/mol. The molecule has 7 nitrogen and oxygen atoms in total. The van der Waals surface area contributed by atoms with Crippen molar-refractivity contribution in [3.63, 3.8) is 0 Å². The molecule has 1 aliphatic heterocycles. The minimum Gasteiger partial charge on any atom is -0.772 e. The van der Waals surface area contributed by atoms with E-state index in [1.807, 2.05) is 0 Å². The van der Waals surface area contributed by atoms with E-state index in [0.29, 0.717) is 11.4 Å². The molecule has 2 aromatic carbocycles. The highest BCUT2D eigenvalue weighted by molar-refractivity contribution is 7.78. The molecule has 0 spiro atoms. The lowest BCUT2D eigenvalue weighted by Crippen LogP contribution is -2.33. The second-order valence-corrected chi connectivity index (χ2v) is 7.23. The number of hydrogen-bond acceptors (Lipinski definition) is 6. The Morgan fingerprint density at radius 1 is 1.28 bits per heavy atom. The minimum absolute atomic E-state index is 0.0391. The van der Waals surface area contributed by atoms with Crippen LogP contribution in [0.3, 0.4) is 0 Å². The quantitative estimate of drug-likeness (QED) is 0.430. The van der Waals surface area contributed by atoms with Crippen LogP contribution in [0.5, 0.6) is 5.75 Å². The molecule has 1 atom stereocenters. The van der Waals surface area contributed by atoms with Crippen molar-refractivity contribution in [3.8, 4) is 5.75 Å². The number of rotatable bonds is 5. The fraction of sp³-hybridized carbons (Fsp3) is 0.278. The van der Waals surface area contributed by atoms with Gasteiger partial charge in [-0.05, 0) is 35.4 Å². The third-order valence-corrected chi connectivity index (χ3v) is 4.98. The van der Waals surface area contributed by atoms with Crippen molar-refractivity contribution in [1.29, 1.82) is 0 Å². The molecule has 29 heavy (non-hydrogen) atoms. The molecular formula is C18H16F3N2O5S-. The van der Waals surface area contributed by atoms with Gasteiger partial charge in [0, 0.05) is 17.9 Å². The molecule has 1 heterocycles. The summed E-state index contributed by atoms with van der Waals surface area (Å²) in [4.78, 5) is 13.3. The summed E-state index contributed by atoms with van der Waals surface area (Å²) in [5.41, 5.74) is 1.12. The topological polar surface area (TPSA) is 102 Å². The number of ether oxygens (including phenoxy) is 1. The van der Waals surface area contributed by atoms with Crippen molar-refractivity contribution in [3.05, 3.63) is 58.7 Å². The first-order valence-electron chi connectivity index (χ1n) is 8.40. The van der Waals surface area contributed by atoms with Crippen LogP contribution in [0, 0.1) is 0 Å². The fourth-order valence-corrected chi connectivity index (χ4v) is 3.55. The number of anilines is 1. The van der Waals surface area contributed by atoms with Crippen LogP contribution in [0.25, 0.3) is 0 Å². The summed E-state index contributed by atoms with van der Waals surface area (Å²) in [7, 11) is 0.